The van der Waals surface area contributed by atoms with Gasteiger partial charge in [0.2, 0.25) is 0 Å². The predicted molar refractivity (Wildman–Crippen MR) is 154 cm³/mol. The van der Waals surface area contributed by atoms with Crippen LogP contribution in [0.5, 0.6) is 11.5 Å². The molecule has 0 saturated carbocycles. The fraction of sp³-hybridized carbons (Fsp3) is 0.375. The Morgan fingerprint density at radius 3 is 2.33 bits per heavy atom. The lowest BCUT2D eigenvalue weighted by atomic mass is 10.0. The minimum Gasteiger partial charge on any atom is -0.497 e. The van der Waals surface area contributed by atoms with E-state index in [4.69, 9.17) is 14.2 Å². The molecule has 0 bridgehead atoms. The number of rotatable bonds is 10. The van der Waals surface area contributed by atoms with Gasteiger partial charge in [0.15, 0.2) is 0 Å². The first-order valence-electron chi connectivity index (χ1n) is 13.8. The molecule has 1 atom stereocenters. The van der Waals surface area contributed by atoms with E-state index in [2.05, 4.69) is 5.32 Å². The van der Waals surface area contributed by atoms with Crippen molar-refractivity contribution in [3.63, 3.8) is 0 Å². The summed E-state index contributed by atoms with van der Waals surface area (Å²) in [7, 11) is 1.47. The highest BCUT2D eigenvalue weighted by Crippen LogP contribution is 2.38. The van der Waals surface area contributed by atoms with Gasteiger partial charge in [-0.15, -0.1) is 0 Å². The molecule has 0 spiro atoms. The average Bonchev–Trinajstić information content (AvgIpc) is 3.36. The van der Waals surface area contributed by atoms with Crippen LogP contribution in [0.3, 0.4) is 0 Å². The Hall–Kier alpha value is -4.28. The number of anilines is 2. The van der Waals surface area contributed by atoms with E-state index in [1.807, 2.05) is 0 Å². The molecular weight excluding hydrogens is 568 g/mol. The minimum absolute atomic E-state index is 0.168. The van der Waals surface area contributed by atoms with Crippen molar-refractivity contribution >= 4 is 23.3 Å². The van der Waals surface area contributed by atoms with Crippen molar-refractivity contribution in [1.29, 1.82) is 0 Å². The molecular formula is C32H34F4N2O5. The second-order valence-corrected chi connectivity index (χ2v) is 11.1. The van der Waals surface area contributed by atoms with E-state index in [0.29, 0.717) is 41.2 Å². The third-order valence-electron chi connectivity index (χ3n) is 6.67. The molecule has 0 radical (unpaired) electrons. The number of fused-ring (bicyclic) bond motifs is 1. The number of hydrogen-bond acceptors (Lipinski definition) is 6. The van der Waals surface area contributed by atoms with Gasteiger partial charge in [0, 0.05) is 42.5 Å². The number of alkyl halides is 3. The van der Waals surface area contributed by atoms with Crippen LogP contribution in [0.15, 0.2) is 60.7 Å². The first kappa shape index (κ1) is 31.7. The number of carbonyl (C=O) groups is 2. The van der Waals surface area contributed by atoms with Gasteiger partial charge in [-0.2, -0.15) is 13.2 Å². The van der Waals surface area contributed by atoms with Crippen molar-refractivity contribution in [1.82, 2.24) is 0 Å². The lowest BCUT2D eigenvalue weighted by Gasteiger charge is -2.27. The minimum atomic E-state index is -4.56. The van der Waals surface area contributed by atoms with Crippen molar-refractivity contribution in [2.45, 2.75) is 57.9 Å². The summed E-state index contributed by atoms with van der Waals surface area (Å²) >= 11 is 0. The molecule has 43 heavy (non-hydrogen) atoms. The van der Waals surface area contributed by atoms with Crippen LogP contribution in [0, 0.1) is 5.82 Å². The number of nitrogens with one attached hydrogen (secondary N) is 1. The van der Waals surface area contributed by atoms with Crippen LogP contribution in [0.2, 0.25) is 0 Å². The van der Waals surface area contributed by atoms with E-state index in [1.165, 1.54) is 42.3 Å². The van der Waals surface area contributed by atoms with Crippen LogP contribution in [-0.4, -0.2) is 37.7 Å². The normalized spacial score (nSPS) is 13.7. The Bertz CT molecular complexity index is 1450. The number of carbonyl (C=O) groups excluding carboxylic acids is 2. The maximum Gasteiger partial charge on any atom is 0.416 e. The number of methoxy groups -OCH3 is 1. The van der Waals surface area contributed by atoms with E-state index >= 15 is 0 Å². The zero-order valence-electron chi connectivity index (χ0n) is 24.4. The Kier molecular flexibility index (Phi) is 9.52. The number of halogens is 4. The summed E-state index contributed by atoms with van der Waals surface area (Å²) in [4.78, 5) is 27.3. The third-order valence-corrected chi connectivity index (χ3v) is 6.67. The molecule has 4 rings (SSSR count). The van der Waals surface area contributed by atoms with Crippen molar-refractivity contribution in [2.24, 2.45) is 0 Å². The first-order chi connectivity index (χ1) is 20.2. The number of benzene rings is 3. The van der Waals surface area contributed by atoms with Gasteiger partial charge in [-0.3, -0.25) is 9.59 Å². The van der Waals surface area contributed by atoms with E-state index in [9.17, 15) is 27.2 Å². The van der Waals surface area contributed by atoms with Gasteiger partial charge in [-0.1, -0.05) is 18.2 Å². The highest BCUT2D eigenvalue weighted by atomic mass is 19.4. The third kappa shape index (κ3) is 8.39. The van der Waals surface area contributed by atoms with Crippen LogP contribution in [0.1, 0.15) is 56.3 Å². The lowest BCUT2D eigenvalue weighted by molar-refractivity contribution is -0.155. The second-order valence-electron chi connectivity index (χ2n) is 11.1. The van der Waals surface area contributed by atoms with E-state index < -0.39 is 35.1 Å². The average molecular weight is 603 g/mol. The Morgan fingerprint density at radius 2 is 1.67 bits per heavy atom. The fourth-order valence-corrected chi connectivity index (χ4v) is 4.71. The Labute approximate surface area is 247 Å². The zero-order chi connectivity index (χ0) is 31.4. The quantitative estimate of drug-likeness (QED) is 0.152. The maximum atomic E-state index is 14.0. The summed E-state index contributed by atoms with van der Waals surface area (Å²) in [5, 5.41) is 3.15. The molecule has 3 aromatic carbocycles. The van der Waals surface area contributed by atoms with E-state index in [1.54, 1.807) is 39.0 Å². The number of amides is 1. The lowest BCUT2D eigenvalue weighted by Crippen LogP contribution is -2.37. The molecule has 1 N–H and O–H groups in total. The van der Waals surface area contributed by atoms with Crippen molar-refractivity contribution in [2.75, 3.05) is 30.5 Å². The molecule has 230 valence electrons. The van der Waals surface area contributed by atoms with Gasteiger partial charge in [0.05, 0.1) is 19.3 Å². The molecule has 11 heteroatoms. The SMILES string of the molecule is COc1cc(NC(C(=O)N2CCc3ccc(C(F)(F)F)cc32)c2ccc(F)cc2)cc(OCCCC(=O)OC(C)(C)C)c1. The van der Waals surface area contributed by atoms with Crippen molar-refractivity contribution in [3.8, 4) is 11.5 Å². The van der Waals surface area contributed by atoms with Gasteiger partial charge >= 0.3 is 12.1 Å². The molecule has 1 amide bonds. The molecule has 0 fully saturated rings. The molecule has 0 aromatic heterocycles. The number of ether oxygens (including phenoxy) is 3. The molecule has 0 saturated heterocycles. The topological polar surface area (TPSA) is 77.1 Å². The second kappa shape index (κ2) is 12.9. The molecule has 7 nitrogen and oxygen atoms in total. The monoisotopic (exact) mass is 602 g/mol. The van der Waals surface area contributed by atoms with Crippen LogP contribution in [0.25, 0.3) is 0 Å². The molecule has 1 aliphatic rings. The van der Waals surface area contributed by atoms with Gasteiger partial charge in [0.25, 0.3) is 5.91 Å². The number of hydrogen-bond donors (Lipinski definition) is 1. The van der Waals surface area contributed by atoms with Crippen LogP contribution >= 0.6 is 0 Å². The van der Waals surface area contributed by atoms with Gasteiger partial charge < -0.3 is 24.4 Å². The van der Waals surface area contributed by atoms with Crippen LogP contribution < -0.4 is 19.7 Å². The van der Waals surface area contributed by atoms with Gasteiger partial charge in [-0.05, 0) is 69.0 Å². The summed E-state index contributed by atoms with van der Waals surface area (Å²) in [6.45, 7) is 5.77. The van der Waals surface area contributed by atoms with Crippen molar-refractivity contribution < 1.29 is 41.4 Å². The predicted octanol–water partition coefficient (Wildman–Crippen LogP) is 7.10. The molecule has 3 aromatic rings. The smallest absolute Gasteiger partial charge is 0.416 e. The number of esters is 1. The zero-order valence-corrected chi connectivity index (χ0v) is 24.4. The Balaban J connectivity index is 1.57. The molecule has 0 aliphatic carbocycles. The summed E-state index contributed by atoms with van der Waals surface area (Å²) in [6, 6.07) is 12.5. The van der Waals surface area contributed by atoms with Crippen LogP contribution in [0.4, 0.5) is 28.9 Å². The van der Waals surface area contributed by atoms with Crippen molar-refractivity contribution in [3.05, 3.63) is 83.2 Å². The Morgan fingerprint density at radius 1 is 0.977 bits per heavy atom. The highest BCUT2D eigenvalue weighted by Gasteiger charge is 2.36. The molecule has 1 unspecified atom stereocenters. The molecule has 1 heterocycles. The first-order valence-corrected chi connectivity index (χ1v) is 13.8. The fourth-order valence-electron chi connectivity index (χ4n) is 4.71. The summed E-state index contributed by atoms with van der Waals surface area (Å²) in [5.74, 6) is -0.529. The molecule has 1 aliphatic heterocycles. The highest BCUT2D eigenvalue weighted by molar-refractivity contribution is 6.01. The number of nitrogens with zero attached hydrogens (tertiary/aromatic N) is 1. The largest absolute Gasteiger partial charge is 0.497 e. The van der Waals surface area contributed by atoms with Gasteiger partial charge in [-0.25, -0.2) is 4.39 Å². The van der Waals surface area contributed by atoms with E-state index in [-0.39, 0.29) is 31.2 Å². The summed E-state index contributed by atoms with van der Waals surface area (Å²) in [6.07, 6.45) is -3.60. The van der Waals surface area contributed by atoms with Gasteiger partial charge in [0.1, 0.15) is 29.0 Å². The standard InChI is InChI=1S/C32H34F4N2O5/c1-31(2,3)43-28(39)6-5-15-42-26-18-24(17-25(19-26)41-4)37-29(21-8-11-23(33)12-9-21)30(40)38-14-13-20-7-10-22(16-27(20)38)32(34,35)36/h7-12,16-19,29,37H,5-6,13-15H2,1-4H3. The summed E-state index contributed by atoms with van der Waals surface area (Å²) < 4.78 is 70.7. The summed E-state index contributed by atoms with van der Waals surface area (Å²) in [5.41, 5.74) is 0.221. The van der Waals surface area contributed by atoms with E-state index in [0.717, 1.165) is 12.1 Å². The maximum absolute atomic E-state index is 14.0. The van der Waals surface area contributed by atoms with Crippen LogP contribution in [-0.2, 0) is 26.9 Å².